The van der Waals surface area contributed by atoms with Crippen molar-refractivity contribution in [2.24, 2.45) is 0 Å². The lowest BCUT2D eigenvalue weighted by Gasteiger charge is -2.11. The van der Waals surface area contributed by atoms with E-state index < -0.39 is 15.1 Å². The number of sulfone groups is 1. The highest BCUT2D eigenvalue weighted by Crippen LogP contribution is 2.14. The van der Waals surface area contributed by atoms with Gasteiger partial charge in [0.15, 0.2) is 9.84 Å². The topological polar surface area (TPSA) is 51.2 Å². The number of allylic oxidation sites excluding steroid dienone is 3. The van der Waals surface area contributed by atoms with E-state index in [1.807, 2.05) is 0 Å². The van der Waals surface area contributed by atoms with Crippen molar-refractivity contribution in [3.8, 4) is 0 Å². The van der Waals surface area contributed by atoms with E-state index in [9.17, 15) is 13.2 Å². The molecule has 3 nitrogen and oxygen atoms in total. The van der Waals surface area contributed by atoms with E-state index >= 15 is 0 Å². The fourth-order valence-corrected chi connectivity index (χ4v) is 1.83. The first kappa shape index (κ1) is 9.19. The minimum atomic E-state index is -3.00. The van der Waals surface area contributed by atoms with Gasteiger partial charge >= 0.3 is 0 Å². The van der Waals surface area contributed by atoms with Crippen LogP contribution in [0.2, 0.25) is 0 Å². The van der Waals surface area contributed by atoms with Crippen molar-refractivity contribution in [2.45, 2.75) is 11.7 Å². The lowest BCUT2D eigenvalue weighted by molar-refractivity contribution is -0.104. The summed E-state index contributed by atoms with van der Waals surface area (Å²) in [5, 5.41) is -0.457. The van der Waals surface area contributed by atoms with E-state index in [4.69, 9.17) is 0 Å². The quantitative estimate of drug-likeness (QED) is 0.589. The molecule has 0 amide bonds. The molecule has 12 heavy (non-hydrogen) atoms. The van der Waals surface area contributed by atoms with Gasteiger partial charge in [0.25, 0.3) is 0 Å². The number of carbonyl (C=O) groups excluding carboxylic acids is 1. The summed E-state index contributed by atoms with van der Waals surface area (Å²) < 4.78 is 22.0. The average Bonchev–Trinajstić information content (AvgIpc) is 2.03. The summed E-state index contributed by atoms with van der Waals surface area (Å²) in [7, 11) is -3.00. The fourth-order valence-electron chi connectivity index (χ4n) is 1.02. The molecule has 0 N–H and O–H groups in total. The summed E-state index contributed by atoms with van der Waals surface area (Å²) in [6, 6.07) is 0. The molecule has 0 aliphatic heterocycles. The highest BCUT2D eigenvalue weighted by molar-refractivity contribution is 7.91. The van der Waals surface area contributed by atoms with E-state index in [0.29, 0.717) is 12.0 Å². The summed E-state index contributed by atoms with van der Waals surface area (Å²) in [5.41, 5.74) is 0.551. The van der Waals surface area contributed by atoms with E-state index in [0.717, 1.165) is 6.29 Å². The van der Waals surface area contributed by atoms with Crippen LogP contribution < -0.4 is 0 Å². The van der Waals surface area contributed by atoms with Crippen LogP contribution in [-0.4, -0.2) is 26.2 Å². The molecule has 0 bridgehead atoms. The number of rotatable bonds is 2. The van der Waals surface area contributed by atoms with Gasteiger partial charge in [-0.05, 0) is 6.42 Å². The molecule has 0 spiro atoms. The minimum absolute atomic E-state index is 0.406. The first-order chi connectivity index (χ1) is 5.54. The molecule has 66 valence electrons. The molecule has 1 aliphatic carbocycles. The second-order valence-electron chi connectivity index (χ2n) is 2.78. The Kier molecular flexibility index (Phi) is 2.47. The SMILES string of the molecule is CS(=O)(=O)C1C=CC(C=O)=CC1. The van der Waals surface area contributed by atoms with Gasteiger partial charge in [-0.25, -0.2) is 8.42 Å². The van der Waals surface area contributed by atoms with Crippen LogP contribution in [0.1, 0.15) is 6.42 Å². The molecule has 0 heterocycles. The Balaban J connectivity index is 2.79. The molecule has 0 fully saturated rings. The predicted octanol–water partition coefficient (Wildman–Crippen LogP) is 0.485. The Morgan fingerprint density at radius 1 is 1.58 bits per heavy atom. The molecule has 0 radical (unpaired) electrons. The molecular weight excluding hydrogens is 176 g/mol. The van der Waals surface area contributed by atoms with Crippen molar-refractivity contribution in [2.75, 3.05) is 6.26 Å². The Hall–Kier alpha value is -0.900. The van der Waals surface area contributed by atoms with Crippen molar-refractivity contribution in [1.82, 2.24) is 0 Å². The van der Waals surface area contributed by atoms with Gasteiger partial charge in [0, 0.05) is 11.8 Å². The van der Waals surface area contributed by atoms with Gasteiger partial charge < -0.3 is 0 Å². The molecule has 0 aromatic heterocycles. The van der Waals surface area contributed by atoms with Crippen molar-refractivity contribution < 1.29 is 13.2 Å². The minimum Gasteiger partial charge on any atom is -0.298 e. The van der Waals surface area contributed by atoms with Gasteiger partial charge in [0.1, 0.15) is 6.29 Å². The molecule has 0 aromatic carbocycles. The third-order valence-electron chi connectivity index (χ3n) is 1.78. The lowest BCUT2D eigenvalue weighted by atomic mass is 10.1. The zero-order chi connectivity index (χ0) is 9.19. The Labute approximate surface area is 71.7 Å². The molecule has 0 aromatic rings. The van der Waals surface area contributed by atoms with Crippen LogP contribution in [0.4, 0.5) is 0 Å². The smallest absolute Gasteiger partial charge is 0.154 e. The number of hydrogen-bond donors (Lipinski definition) is 0. The van der Waals surface area contributed by atoms with Crippen LogP contribution >= 0.6 is 0 Å². The van der Waals surface area contributed by atoms with Gasteiger partial charge in [0.2, 0.25) is 0 Å². The number of carbonyl (C=O) groups is 1. The number of aldehydes is 1. The predicted molar refractivity (Wildman–Crippen MR) is 46.5 cm³/mol. The van der Waals surface area contributed by atoms with E-state index in [-0.39, 0.29) is 0 Å². The van der Waals surface area contributed by atoms with Crippen molar-refractivity contribution in [3.63, 3.8) is 0 Å². The maximum Gasteiger partial charge on any atom is 0.154 e. The van der Waals surface area contributed by atoms with Gasteiger partial charge in [0.05, 0.1) is 5.25 Å². The summed E-state index contributed by atoms with van der Waals surface area (Å²) in [6.07, 6.45) is 7.06. The zero-order valence-corrected chi connectivity index (χ0v) is 7.54. The highest BCUT2D eigenvalue weighted by atomic mass is 32.2. The third kappa shape index (κ3) is 2.04. The second-order valence-corrected chi connectivity index (χ2v) is 5.05. The molecular formula is C8H10O3S. The second kappa shape index (κ2) is 3.23. The molecule has 0 saturated carbocycles. The highest BCUT2D eigenvalue weighted by Gasteiger charge is 2.18. The Morgan fingerprint density at radius 2 is 2.25 bits per heavy atom. The average molecular weight is 186 g/mol. The Morgan fingerprint density at radius 3 is 2.58 bits per heavy atom. The summed E-state index contributed by atoms with van der Waals surface area (Å²) in [4.78, 5) is 10.2. The van der Waals surface area contributed by atoms with Gasteiger partial charge in [-0.2, -0.15) is 0 Å². The largest absolute Gasteiger partial charge is 0.298 e. The van der Waals surface area contributed by atoms with Crippen LogP contribution in [0.15, 0.2) is 23.8 Å². The molecule has 1 rings (SSSR count). The molecule has 1 unspecified atom stereocenters. The van der Waals surface area contributed by atoms with Gasteiger partial charge in [-0.15, -0.1) is 0 Å². The van der Waals surface area contributed by atoms with Crippen molar-refractivity contribution in [3.05, 3.63) is 23.8 Å². The van der Waals surface area contributed by atoms with Crippen LogP contribution in [-0.2, 0) is 14.6 Å². The monoisotopic (exact) mass is 186 g/mol. The first-order valence-corrected chi connectivity index (χ1v) is 5.52. The van der Waals surface area contributed by atoms with Crippen LogP contribution in [0.3, 0.4) is 0 Å². The molecule has 1 aliphatic rings. The maximum absolute atomic E-state index is 11.0. The van der Waals surface area contributed by atoms with Gasteiger partial charge in [-0.3, -0.25) is 4.79 Å². The maximum atomic E-state index is 11.0. The van der Waals surface area contributed by atoms with Crippen LogP contribution in [0.5, 0.6) is 0 Å². The van der Waals surface area contributed by atoms with Gasteiger partial charge in [-0.1, -0.05) is 18.2 Å². The van der Waals surface area contributed by atoms with E-state index in [1.165, 1.54) is 6.26 Å². The first-order valence-electron chi connectivity index (χ1n) is 3.56. The summed E-state index contributed by atoms with van der Waals surface area (Å²) in [5.74, 6) is 0. The van der Waals surface area contributed by atoms with Crippen LogP contribution in [0, 0.1) is 0 Å². The van der Waals surface area contributed by atoms with Crippen molar-refractivity contribution in [1.29, 1.82) is 0 Å². The lowest BCUT2D eigenvalue weighted by Crippen LogP contribution is -2.18. The molecule has 4 heteroatoms. The fraction of sp³-hybridized carbons (Fsp3) is 0.375. The third-order valence-corrected chi connectivity index (χ3v) is 3.22. The van der Waals surface area contributed by atoms with Crippen molar-refractivity contribution >= 4 is 16.1 Å². The summed E-state index contributed by atoms with van der Waals surface area (Å²) in [6.45, 7) is 0. The normalized spacial score (nSPS) is 23.4. The standard InChI is InChI=1S/C8H10O3S/c1-12(10,11)8-4-2-7(6-9)3-5-8/h2-4,6,8H,5H2,1H3. The summed E-state index contributed by atoms with van der Waals surface area (Å²) >= 11 is 0. The van der Waals surface area contributed by atoms with E-state index in [2.05, 4.69) is 0 Å². The van der Waals surface area contributed by atoms with Crippen LogP contribution in [0.25, 0.3) is 0 Å². The molecule has 1 atom stereocenters. The zero-order valence-electron chi connectivity index (χ0n) is 6.73. The van der Waals surface area contributed by atoms with E-state index in [1.54, 1.807) is 18.2 Å². The number of hydrogen-bond acceptors (Lipinski definition) is 3. The Bertz CT molecular complexity index is 335. The molecule has 0 saturated heterocycles.